The second-order valence-electron chi connectivity index (χ2n) is 4.72. The minimum absolute atomic E-state index is 0.143. The Bertz CT molecular complexity index is 763. The van der Waals surface area contributed by atoms with E-state index in [-0.39, 0.29) is 16.3 Å². The van der Waals surface area contributed by atoms with Crippen LogP contribution in [0.2, 0.25) is 5.02 Å². The largest absolute Gasteiger partial charge is 0.493 e. The molecule has 2 rings (SSSR count). The van der Waals surface area contributed by atoms with Crippen LogP contribution < -0.4 is 14.8 Å². The molecule has 24 heavy (non-hydrogen) atoms. The zero-order chi connectivity index (χ0) is 17.9. The van der Waals surface area contributed by atoms with Crippen LogP contribution in [0.4, 0.5) is 18.9 Å². The molecule has 0 radical (unpaired) electrons. The molecule has 1 N–H and O–H groups in total. The van der Waals surface area contributed by atoms with E-state index >= 15 is 0 Å². The number of amides is 1. The molecule has 0 atom stereocenters. The van der Waals surface area contributed by atoms with Crippen LogP contribution in [-0.4, -0.2) is 20.1 Å². The summed E-state index contributed by atoms with van der Waals surface area (Å²) in [6, 6.07) is 6.95. The van der Waals surface area contributed by atoms with Gasteiger partial charge in [0.1, 0.15) is 0 Å². The molecular weight excluding hydrogens is 347 g/mol. The Morgan fingerprint density at radius 1 is 1.08 bits per heavy atom. The van der Waals surface area contributed by atoms with Crippen LogP contribution in [0.1, 0.15) is 15.9 Å². The van der Waals surface area contributed by atoms with E-state index in [1.807, 2.05) is 0 Å². The van der Waals surface area contributed by atoms with E-state index in [0.717, 1.165) is 18.2 Å². The molecule has 0 aromatic heterocycles. The Balaban J connectivity index is 2.30. The Hall–Kier alpha value is -2.41. The normalized spacial score (nSPS) is 11.1. The maximum Gasteiger partial charge on any atom is 0.416 e. The third-order valence-corrected chi connectivity index (χ3v) is 3.49. The molecule has 0 saturated heterocycles. The molecule has 0 spiro atoms. The number of nitrogens with one attached hydrogen (secondary N) is 1. The highest BCUT2D eigenvalue weighted by Gasteiger charge is 2.31. The van der Waals surface area contributed by atoms with Gasteiger partial charge in [-0.3, -0.25) is 4.79 Å². The van der Waals surface area contributed by atoms with Crippen LogP contribution in [0.3, 0.4) is 0 Å². The first-order valence-electron chi connectivity index (χ1n) is 6.66. The van der Waals surface area contributed by atoms with Crippen molar-refractivity contribution in [2.24, 2.45) is 0 Å². The van der Waals surface area contributed by atoms with Gasteiger partial charge in [0.25, 0.3) is 5.91 Å². The molecule has 128 valence electrons. The van der Waals surface area contributed by atoms with E-state index in [1.165, 1.54) is 32.4 Å². The molecular formula is C16H13ClF3NO3. The van der Waals surface area contributed by atoms with Crippen LogP contribution in [0, 0.1) is 0 Å². The number of carbonyl (C=O) groups is 1. The highest BCUT2D eigenvalue weighted by molar-refractivity contribution is 6.34. The third-order valence-electron chi connectivity index (χ3n) is 3.17. The standard InChI is InChI=1S/C16H13ClF3NO3/c1-23-13-7-11(17)12(8-14(13)24-2)21-15(22)9-4-3-5-10(6-9)16(18,19)20/h3-8H,1-2H3,(H,21,22). The Morgan fingerprint density at radius 3 is 2.29 bits per heavy atom. The molecule has 0 heterocycles. The quantitative estimate of drug-likeness (QED) is 0.866. The fourth-order valence-electron chi connectivity index (χ4n) is 1.98. The summed E-state index contributed by atoms with van der Waals surface area (Å²) < 4.78 is 48.3. The maximum atomic E-state index is 12.7. The number of hydrogen-bond donors (Lipinski definition) is 1. The van der Waals surface area contributed by atoms with E-state index in [4.69, 9.17) is 21.1 Å². The van der Waals surface area contributed by atoms with Gasteiger partial charge in [-0.15, -0.1) is 0 Å². The summed E-state index contributed by atoms with van der Waals surface area (Å²) >= 11 is 6.04. The number of anilines is 1. The van der Waals surface area contributed by atoms with Crippen molar-refractivity contribution < 1.29 is 27.4 Å². The van der Waals surface area contributed by atoms with Crippen molar-refractivity contribution >= 4 is 23.2 Å². The summed E-state index contributed by atoms with van der Waals surface area (Å²) in [6.07, 6.45) is -4.53. The van der Waals surface area contributed by atoms with Crippen LogP contribution in [0.5, 0.6) is 11.5 Å². The average Bonchev–Trinajstić information content (AvgIpc) is 2.55. The van der Waals surface area contributed by atoms with Gasteiger partial charge in [-0.2, -0.15) is 13.2 Å². The molecule has 2 aromatic carbocycles. The van der Waals surface area contributed by atoms with E-state index in [2.05, 4.69) is 5.32 Å². The van der Waals surface area contributed by atoms with E-state index in [1.54, 1.807) is 0 Å². The molecule has 1 amide bonds. The summed E-state index contributed by atoms with van der Waals surface area (Å²) in [5, 5.41) is 2.62. The van der Waals surface area contributed by atoms with Gasteiger partial charge in [0, 0.05) is 17.7 Å². The van der Waals surface area contributed by atoms with Gasteiger partial charge in [0.2, 0.25) is 0 Å². The number of hydrogen-bond acceptors (Lipinski definition) is 3. The molecule has 0 bridgehead atoms. The van der Waals surface area contributed by atoms with Crippen molar-refractivity contribution in [1.29, 1.82) is 0 Å². The Kier molecular flexibility index (Phi) is 5.23. The van der Waals surface area contributed by atoms with E-state index in [9.17, 15) is 18.0 Å². The van der Waals surface area contributed by atoms with Gasteiger partial charge in [-0.1, -0.05) is 17.7 Å². The van der Waals surface area contributed by atoms with Crippen molar-refractivity contribution in [3.8, 4) is 11.5 Å². The Labute approximate surface area is 141 Å². The first kappa shape index (κ1) is 17.9. The minimum atomic E-state index is -4.53. The second-order valence-corrected chi connectivity index (χ2v) is 5.13. The molecule has 2 aromatic rings. The molecule has 0 aliphatic carbocycles. The van der Waals surface area contributed by atoms with Crippen LogP contribution in [0.25, 0.3) is 0 Å². The zero-order valence-corrected chi connectivity index (χ0v) is 13.5. The smallest absolute Gasteiger partial charge is 0.416 e. The highest BCUT2D eigenvalue weighted by Crippen LogP contribution is 2.36. The predicted molar refractivity (Wildman–Crippen MR) is 84.0 cm³/mol. The van der Waals surface area contributed by atoms with Gasteiger partial charge >= 0.3 is 6.18 Å². The predicted octanol–water partition coefficient (Wildman–Crippen LogP) is 4.63. The van der Waals surface area contributed by atoms with Gasteiger partial charge in [0.05, 0.1) is 30.5 Å². The van der Waals surface area contributed by atoms with Crippen LogP contribution >= 0.6 is 11.6 Å². The summed E-state index contributed by atoms with van der Waals surface area (Å²) in [5.41, 5.74) is -0.860. The summed E-state index contributed by atoms with van der Waals surface area (Å²) in [6.45, 7) is 0. The molecule has 0 unspecified atom stereocenters. The molecule has 4 nitrogen and oxygen atoms in total. The van der Waals surface area contributed by atoms with Crippen LogP contribution in [-0.2, 0) is 6.18 Å². The lowest BCUT2D eigenvalue weighted by Crippen LogP contribution is -2.14. The molecule has 8 heteroatoms. The lowest BCUT2D eigenvalue weighted by molar-refractivity contribution is -0.137. The number of alkyl halides is 3. The second kappa shape index (κ2) is 7.00. The molecule has 0 aliphatic rings. The van der Waals surface area contributed by atoms with Gasteiger partial charge in [0.15, 0.2) is 11.5 Å². The number of rotatable bonds is 4. The lowest BCUT2D eigenvalue weighted by atomic mass is 10.1. The van der Waals surface area contributed by atoms with Crippen molar-refractivity contribution in [2.45, 2.75) is 6.18 Å². The van der Waals surface area contributed by atoms with Gasteiger partial charge in [-0.25, -0.2) is 0 Å². The first-order valence-corrected chi connectivity index (χ1v) is 7.04. The summed E-state index contributed by atoms with van der Waals surface area (Å²) in [7, 11) is 2.83. The zero-order valence-electron chi connectivity index (χ0n) is 12.7. The van der Waals surface area contributed by atoms with E-state index < -0.39 is 17.6 Å². The van der Waals surface area contributed by atoms with Gasteiger partial charge in [-0.05, 0) is 18.2 Å². The summed E-state index contributed by atoms with van der Waals surface area (Å²) in [4.78, 5) is 12.2. The van der Waals surface area contributed by atoms with Crippen molar-refractivity contribution in [3.05, 3.63) is 52.5 Å². The van der Waals surface area contributed by atoms with Crippen molar-refractivity contribution in [2.75, 3.05) is 19.5 Å². The average molecular weight is 360 g/mol. The van der Waals surface area contributed by atoms with Crippen molar-refractivity contribution in [3.63, 3.8) is 0 Å². The highest BCUT2D eigenvalue weighted by atomic mass is 35.5. The fraction of sp³-hybridized carbons (Fsp3) is 0.188. The number of carbonyl (C=O) groups excluding carboxylic acids is 1. The molecule has 0 fully saturated rings. The SMILES string of the molecule is COc1cc(Cl)c(NC(=O)c2cccc(C(F)(F)F)c2)cc1OC. The van der Waals surface area contributed by atoms with Crippen LogP contribution in [0.15, 0.2) is 36.4 Å². The Morgan fingerprint density at radius 2 is 1.71 bits per heavy atom. The first-order chi connectivity index (χ1) is 11.3. The monoisotopic (exact) mass is 359 g/mol. The van der Waals surface area contributed by atoms with E-state index in [0.29, 0.717) is 11.5 Å². The third kappa shape index (κ3) is 3.91. The number of benzene rings is 2. The summed E-state index contributed by atoms with van der Waals surface area (Å²) in [5.74, 6) is -0.0453. The number of halogens is 4. The molecule has 0 saturated carbocycles. The number of ether oxygens (including phenoxy) is 2. The topological polar surface area (TPSA) is 47.6 Å². The fourth-order valence-corrected chi connectivity index (χ4v) is 2.18. The maximum absolute atomic E-state index is 12.7. The van der Waals surface area contributed by atoms with Crippen molar-refractivity contribution in [1.82, 2.24) is 0 Å². The molecule has 0 aliphatic heterocycles. The lowest BCUT2D eigenvalue weighted by Gasteiger charge is -2.13. The minimum Gasteiger partial charge on any atom is -0.493 e. The van der Waals surface area contributed by atoms with Gasteiger partial charge < -0.3 is 14.8 Å². The number of methoxy groups -OCH3 is 2.